The molecule has 1 aliphatic carbocycles. The van der Waals surface area contributed by atoms with E-state index in [9.17, 15) is 4.79 Å². The highest BCUT2D eigenvalue weighted by Gasteiger charge is 2.23. The number of hydrogen-bond donors (Lipinski definition) is 2. The molecule has 3 aromatic rings. The minimum Gasteiger partial charge on any atom is -0.399 e. The van der Waals surface area contributed by atoms with Crippen LogP contribution in [0.5, 0.6) is 0 Å². The molecule has 0 saturated carbocycles. The fourth-order valence-electron chi connectivity index (χ4n) is 3.47. The lowest BCUT2D eigenvalue weighted by Crippen LogP contribution is -2.22. The lowest BCUT2D eigenvalue weighted by molar-refractivity contribution is -0.119. The molecule has 5 nitrogen and oxygen atoms in total. The number of rotatable bonds is 4. The molecule has 1 aromatic heterocycles. The summed E-state index contributed by atoms with van der Waals surface area (Å²) in [4.78, 5) is 22.4. The summed E-state index contributed by atoms with van der Waals surface area (Å²) in [6.07, 6.45) is 2.42. The summed E-state index contributed by atoms with van der Waals surface area (Å²) in [5.41, 5.74) is 12.4. The summed E-state index contributed by atoms with van der Waals surface area (Å²) >= 11 is 0. The van der Waals surface area contributed by atoms with Crippen molar-refractivity contribution in [1.29, 1.82) is 0 Å². The summed E-state index contributed by atoms with van der Waals surface area (Å²) in [6.45, 7) is 3.92. The third-order valence-electron chi connectivity index (χ3n) is 5.33. The molecule has 1 atom stereocenters. The third kappa shape index (κ3) is 3.36. The minimum atomic E-state index is -0.0786. The first kappa shape index (κ1) is 18.2. The molecule has 1 aliphatic rings. The Balaban J connectivity index is 1.86. The number of nitrogen functional groups attached to an aromatic ring is 1. The Labute approximate surface area is 165 Å². The average Bonchev–Trinajstić information content (AvgIpc) is 2.72. The molecule has 0 bridgehead atoms. The van der Waals surface area contributed by atoms with Crippen molar-refractivity contribution in [3.8, 4) is 22.5 Å². The van der Waals surface area contributed by atoms with Crippen molar-refractivity contribution in [2.75, 3.05) is 11.1 Å². The van der Waals surface area contributed by atoms with Crippen molar-refractivity contribution in [3.05, 3.63) is 59.8 Å². The largest absolute Gasteiger partial charge is 0.399 e. The van der Waals surface area contributed by atoms with Gasteiger partial charge in [-0.15, -0.1) is 0 Å². The van der Waals surface area contributed by atoms with Crippen molar-refractivity contribution in [3.63, 3.8) is 0 Å². The Morgan fingerprint density at radius 2 is 1.89 bits per heavy atom. The van der Waals surface area contributed by atoms with E-state index < -0.39 is 0 Å². The van der Waals surface area contributed by atoms with Crippen LogP contribution in [0.4, 0.5) is 11.5 Å². The SMILES string of the molecule is CCC(C)C(=O)Nc1nc2c(nc1-c1ccccc1)-c1ccc(N)cc1CC2. The second-order valence-corrected chi connectivity index (χ2v) is 7.30. The maximum Gasteiger partial charge on any atom is 0.228 e. The van der Waals surface area contributed by atoms with Crippen LogP contribution in [0, 0.1) is 5.92 Å². The standard InChI is InChI=1S/C23H24N4O/c1-3-14(2)23(28)27-22-20(15-7-5-4-6-8-15)26-21-18-11-10-17(24)13-16(18)9-12-19(21)25-22/h4-8,10-11,13-14H,3,9,12,24H2,1-2H3,(H,25,27,28). The second kappa shape index (κ2) is 7.43. The van der Waals surface area contributed by atoms with Crippen molar-refractivity contribution in [2.24, 2.45) is 5.92 Å². The number of nitrogens with two attached hydrogens (primary N) is 1. The molecule has 0 spiro atoms. The third-order valence-corrected chi connectivity index (χ3v) is 5.33. The van der Waals surface area contributed by atoms with E-state index in [0.717, 1.165) is 47.5 Å². The number of nitrogens with one attached hydrogen (secondary N) is 1. The Bertz CT molecular complexity index is 1030. The van der Waals surface area contributed by atoms with E-state index in [4.69, 9.17) is 15.7 Å². The Morgan fingerprint density at radius 3 is 2.64 bits per heavy atom. The van der Waals surface area contributed by atoms with Gasteiger partial charge in [0.2, 0.25) is 5.91 Å². The summed E-state index contributed by atoms with van der Waals surface area (Å²) in [5.74, 6) is 0.428. The average molecular weight is 372 g/mol. The number of anilines is 2. The first-order chi connectivity index (χ1) is 13.6. The number of fused-ring (bicyclic) bond motifs is 3. The highest BCUT2D eigenvalue weighted by Crippen LogP contribution is 2.36. The smallest absolute Gasteiger partial charge is 0.228 e. The second-order valence-electron chi connectivity index (χ2n) is 7.30. The van der Waals surface area contributed by atoms with Gasteiger partial charge >= 0.3 is 0 Å². The number of hydrogen-bond acceptors (Lipinski definition) is 4. The summed E-state index contributed by atoms with van der Waals surface area (Å²) < 4.78 is 0. The number of aromatic nitrogens is 2. The molecule has 0 saturated heterocycles. The summed E-state index contributed by atoms with van der Waals surface area (Å²) in [6, 6.07) is 15.8. The van der Waals surface area contributed by atoms with Crippen LogP contribution in [-0.2, 0) is 17.6 Å². The Hall–Kier alpha value is -3.21. The van der Waals surface area contributed by atoms with Crippen molar-refractivity contribution in [1.82, 2.24) is 9.97 Å². The molecule has 0 aliphatic heterocycles. The zero-order valence-corrected chi connectivity index (χ0v) is 16.2. The van der Waals surface area contributed by atoms with Gasteiger partial charge < -0.3 is 11.1 Å². The fourth-order valence-corrected chi connectivity index (χ4v) is 3.47. The molecule has 2 aromatic carbocycles. The number of benzene rings is 2. The molecule has 1 unspecified atom stereocenters. The van der Waals surface area contributed by atoms with Crippen LogP contribution in [0.15, 0.2) is 48.5 Å². The van der Waals surface area contributed by atoms with Gasteiger partial charge in [-0.1, -0.05) is 50.2 Å². The molecule has 0 fully saturated rings. The molecule has 5 heteroatoms. The lowest BCUT2D eigenvalue weighted by atomic mass is 9.91. The molecule has 3 N–H and O–H groups in total. The van der Waals surface area contributed by atoms with Crippen LogP contribution in [0.25, 0.3) is 22.5 Å². The normalized spacial score (nSPS) is 13.4. The van der Waals surface area contributed by atoms with Crippen LogP contribution in [0.2, 0.25) is 0 Å². The highest BCUT2D eigenvalue weighted by atomic mass is 16.1. The van der Waals surface area contributed by atoms with Crippen molar-refractivity contribution in [2.45, 2.75) is 33.1 Å². The first-order valence-electron chi connectivity index (χ1n) is 9.72. The van der Waals surface area contributed by atoms with E-state index in [-0.39, 0.29) is 11.8 Å². The molecule has 1 amide bonds. The molecule has 142 valence electrons. The van der Waals surface area contributed by atoms with Gasteiger partial charge in [0.1, 0.15) is 5.69 Å². The highest BCUT2D eigenvalue weighted by molar-refractivity contribution is 5.95. The van der Waals surface area contributed by atoms with Gasteiger partial charge in [-0.25, -0.2) is 9.97 Å². The van der Waals surface area contributed by atoms with Gasteiger partial charge in [0, 0.05) is 22.7 Å². The maximum absolute atomic E-state index is 12.5. The van der Waals surface area contributed by atoms with Gasteiger partial charge in [-0.3, -0.25) is 4.79 Å². The molecular weight excluding hydrogens is 348 g/mol. The maximum atomic E-state index is 12.5. The Morgan fingerprint density at radius 1 is 1.11 bits per heavy atom. The molecule has 28 heavy (non-hydrogen) atoms. The summed E-state index contributed by atoms with van der Waals surface area (Å²) in [5, 5.41) is 3.01. The fraction of sp³-hybridized carbons (Fsp3) is 0.261. The van der Waals surface area contributed by atoms with Crippen molar-refractivity contribution >= 4 is 17.4 Å². The molecule has 4 rings (SSSR count). The van der Waals surface area contributed by atoms with Crippen LogP contribution >= 0.6 is 0 Å². The zero-order valence-electron chi connectivity index (χ0n) is 16.2. The first-order valence-corrected chi connectivity index (χ1v) is 9.72. The minimum absolute atomic E-state index is 0.0297. The van der Waals surface area contributed by atoms with Crippen LogP contribution < -0.4 is 11.1 Å². The number of nitrogens with zero attached hydrogens (tertiary/aromatic N) is 2. The van der Waals surface area contributed by atoms with E-state index >= 15 is 0 Å². The van der Waals surface area contributed by atoms with Crippen LogP contribution in [0.1, 0.15) is 31.5 Å². The monoisotopic (exact) mass is 372 g/mol. The van der Waals surface area contributed by atoms with E-state index in [1.807, 2.05) is 62.4 Å². The Kier molecular flexibility index (Phi) is 4.82. The van der Waals surface area contributed by atoms with E-state index in [1.165, 1.54) is 5.56 Å². The number of aryl methyl sites for hydroxylation is 2. The van der Waals surface area contributed by atoms with Crippen LogP contribution in [0.3, 0.4) is 0 Å². The predicted octanol–water partition coefficient (Wildman–Crippen LogP) is 4.48. The van der Waals surface area contributed by atoms with E-state index in [0.29, 0.717) is 11.5 Å². The van der Waals surface area contributed by atoms with Gasteiger partial charge in [-0.05, 0) is 37.0 Å². The number of carbonyl (C=O) groups excluding carboxylic acids is 1. The predicted molar refractivity (Wildman–Crippen MR) is 113 cm³/mol. The van der Waals surface area contributed by atoms with Gasteiger partial charge in [0.15, 0.2) is 5.82 Å². The lowest BCUT2D eigenvalue weighted by Gasteiger charge is -2.22. The zero-order chi connectivity index (χ0) is 19.7. The molecular formula is C23H24N4O. The molecule has 1 heterocycles. The number of amides is 1. The molecule has 0 radical (unpaired) electrons. The summed E-state index contributed by atoms with van der Waals surface area (Å²) in [7, 11) is 0. The topological polar surface area (TPSA) is 80.9 Å². The van der Waals surface area contributed by atoms with Gasteiger partial charge in [-0.2, -0.15) is 0 Å². The van der Waals surface area contributed by atoms with Gasteiger partial charge in [0.05, 0.1) is 11.4 Å². The number of carbonyl (C=O) groups is 1. The quantitative estimate of drug-likeness (QED) is 0.662. The van der Waals surface area contributed by atoms with Gasteiger partial charge in [0.25, 0.3) is 0 Å². The van der Waals surface area contributed by atoms with E-state index in [1.54, 1.807) is 0 Å². The van der Waals surface area contributed by atoms with Crippen LogP contribution in [-0.4, -0.2) is 15.9 Å². The van der Waals surface area contributed by atoms with Crippen molar-refractivity contribution < 1.29 is 4.79 Å². The van der Waals surface area contributed by atoms with E-state index in [2.05, 4.69) is 5.32 Å².